The molecule has 2 fully saturated rings. The Kier molecular flexibility index (Phi) is 5.22. The van der Waals surface area contributed by atoms with Crippen molar-refractivity contribution in [2.75, 3.05) is 13.2 Å². The van der Waals surface area contributed by atoms with E-state index in [4.69, 9.17) is 10.5 Å². The molecule has 0 radical (unpaired) electrons. The molecule has 0 aromatic carbocycles. The molecule has 4 nitrogen and oxygen atoms in total. The first kappa shape index (κ1) is 14.7. The van der Waals surface area contributed by atoms with Crippen LogP contribution >= 0.6 is 12.4 Å². The lowest BCUT2D eigenvalue weighted by Gasteiger charge is -2.28. The Labute approximate surface area is 109 Å². The number of amides is 1. The molecule has 2 rings (SSSR count). The van der Waals surface area contributed by atoms with E-state index in [1.165, 1.54) is 0 Å². The fraction of sp³-hybridized carbons (Fsp3) is 0.917. The summed E-state index contributed by atoms with van der Waals surface area (Å²) in [6.45, 7) is 3.24. The van der Waals surface area contributed by atoms with Crippen molar-refractivity contribution in [3.05, 3.63) is 0 Å². The van der Waals surface area contributed by atoms with E-state index in [2.05, 4.69) is 5.32 Å². The van der Waals surface area contributed by atoms with Crippen LogP contribution in [0, 0.1) is 5.41 Å². The van der Waals surface area contributed by atoms with E-state index in [9.17, 15) is 4.79 Å². The number of halogens is 1. The molecular formula is C12H23ClN2O2. The highest BCUT2D eigenvalue weighted by molar-refractivity contribution is 5.85. The quantitative estimate of drug-likeness (QED) is 0.804. The molecule has 1 amide bonds. The topological polar surface area (TPSA) is 64.3 Å². The summed E-state index contributed by atoms with van der Waals surface area (Å²) in [4.78, 5) is 12.3. The molecule has 1 heterocycles. The van der Waals surface area contributed by atoms with Crippen LogP contribution in [-0.4, -0.2) is 31.2 Å². The summed E-state index contributed by atoms with van der Waals surface area (Å²) in [6, 6.07) is 0.177. The molecule has 2 aliphatic rings. The van der Waals surface area contributed by atoms with Gasteiger partial charge in [-0.15, -0.1) is 12.4 Å². The maximum absolute atomic E-state index is 12.3. The Morgan fingerprint density at radius 3 is 2.59 bits per heavy atom. The van der Waals surface area contributed by atoms with E-state index >= 15 is 0 Å². The van der Waals surface area contributed by atoms with Crippen molar-refractivity contribution < 1.29 is 9.53 Å². The van der Waals surface area contributed by atoms with Gasteiger partial charge in [-0.1, -0.05) is 12.8 Å². The van der Waals surface area contributed by atoms with Gasteiger partial charge in [0.05, 0.1) is 17.6 Å². The summed E-state index contributed by atoms with van der Waals surface area (Å²) in [7, 11) is 0. The monoisotopic (exact) mass is 262 g/mol. The molecule has 3 N–H and O–H groups in total. The highest BCUT2D eigenvalue weighted by Gasteiger charge is 2.41. The van der Waals surface area contributed by atoms with Crippen LogP contribution in [0.15, 0.2) is 0 Å². The zero-order chi connectivity index (χ0) is 11.6. The SMILES string of the molecule is CC1OCCC1NC(=O)C1(CN)CCCC1.Cl. The maximum atomic E-state index is 12.3. The van der Waals surface area contributed by atoms with Crippen molar-refractivity contribution in [1.82, 2.24) is 5.32 Å². The molecule has 0 spiro atoms. The van der Waals surface area contributed by atoms with E-state index in [1.54, 1.807) is 0 Å². The smallest absolute Gasteiger partial charge is 0.227 e. The first-order valence-corrected chi connectivity index (χ1v) is 6.31. The second-order valence-electron chi connectivity index (χ2n) is 5.14. The zero-order valence-electron chi connectivity index (χ0n) is 10.4. The average molecular weight is 263 g/mol. The van der Waals surface area contributed by atoms with Crippen LogP contribution in [0.4, 0.5) is 0 Å². The summed E-state index contributed by atoms with van der Waals surface area (Å²) in [5, 5.41) is 3.12. The molecule has 2 atom stereocenters. The molecule has 1 saturated heterocycles. The lowest BCUT2D eigenvalue weighted by molar-refractivity contribution is -0.131. The Hall–Kier alpha value is -0.320. The van der Waals surface area contributed by atoms with Crippen molar-refractivity contribution in [3.8, 4) is 0 Å². The van der Waals surface area contributed by atoms with Gasteiger partial charge < -0.3 is 15.8 Å². The molecular weight excluding hydrogens is 240 g/mol. The molecule has 2 unspecified atom stereocenters. The van der Waals surface area contributed by atoms with Crippen LogP contribution < -0.4 is 11.1 Å². The van der Waals surface area contributed by atoms with Gasteiger partial charge in [0.1, 0.15) is 0 Å². The molecule has 0 bridgehead atoms. The minimum Gasteiger partial charge on any atom is -0.376 e. The molecule has 17 heavy (non-hydrogen) atoms. The second-order valence-corrected chi connectivity index (χ2v) is 5.14. The number of hydrogen-bond acceptors (Lipinski definition) is 3. The number of rotatable bonds is 3. The van der Waals surface area contributed by atoms with Crippen molar-refractivity contribution in [1.29, 1.82) is 0 Å². The molecule has 1 aliphatic heterocycles. The van der Waals surface area contributed by atoms with Crippen LogP contribution in [0.1, 0.15) is 39.0 Å². The summed E-state index contributed by atoms with van der Waals surface area (Å²) in [5.74, 6) is 0.148. The Morgan fingerprint density at radius 2 is 2.12 bits per heavy atom. The molecule has 1 saturated carbocycles. The van der Waals surface area contributed by atoms with E-state index in [0.29, 0.717) is 6.54 Å². The van der Waals surface area contributed by atoms with E-state index in [-0.39, 0.29) is 35.9 Å². The third-order valence-corrected chi connectivity index (χ3v) is 4.13. The summed E-state index contributed by atoms with van der Waals surface area (Å²) < 4.78 is 5.45. The molecule has 5 heteroatoms. The summed E-state index contributed by atoms with van der Waals surface area (Å²) in [6.07, 6.45) is 5.20. The number of nitrogens with one attached hydrogen (secondary N) is 1. The van der Waals surface area contributed by atoms with Crippen LogP contribution in [0.3, 0.4) is 0 Å². The van der Waals surface area contributed by atoms with Gasteiger partial charge in [0.15, 0.2) is 0 Å². The predicted molar refractivity (Wildman–Crippen MR) is 69.2 cm³/mol. The van der Waals surface area contributed by atoms with Gasteiger partial charge in [-0.05, 0) is 26.2 Å². The molecule has 100 valence electrons. The third kappa shape index (κ3) is 2.92. The van der Waals surface area contributed by atoms with Gasteiger partial charge in [0.25, 0.3) is 0 Å². The van der Waals surface area contributed by atoms with Crippen molar-refractivity contribution >= 4 is 18.3 Å². The zero-order valence-corrected chi connectivity index (χ0v) is 11.2. The van der Waals surface area contributed by atoms with Crippen molar-refractivity contribution in [2.45, 2.75) is 51.2 Å². The van der Waals surface area contributed by atoms with E-state index < -0.39 is 0 Å². The van der Waals surface area contributed by atoms with Crippen LogP contribution in [0.2, 0.25) is 0 Å². The Balaban J connectivity index is 0.00000144. The van der Waals surface area contributed by atoms with Gasteiger partial charge in [-0.3, -0.25) is 4.79 Å². The van der Waals surface area contributed by atoms with Gasteiger partial charge in [-0.2, -0.15) is 0 Å². The minimum absolute atomic E-state index is 0. The standard InChI is InChI=1S/C12H22N2O2.ClH/c1-9-10(4-7-16-9)14-11(15)12(8-13)5-2-3-6-12;/h9-10H,2-8,13H2,1H3,(H,14,15);1H. The number of carbonyl (C=O) groups excluding carboxylic acids is 1. The second kappa shape index (κ2) is 6.03. The van der Waals surface area contributed by atoms with Gasteiger partial charge >= 0.3 is 0 Å². The van der Waals surface area contributed by atoms with E-state index in [1.807, 2.05) is 6.92 Å². The minimum atomic E-state index is -0.289. The summed E-state index contributed by atoms with van der Waals surface area (Å²) >= 11 is 0. The van der Waals surface area contributed by atoms with Crippen LogP contribution in [0.5, 0.6) is 0 Å². The van der Waals surface area contributed by atoms with Gasteiger partial charge in [0.2, 0.25) is 5.91 Å². The lowest BCUT2D eigenvalue weighted by Crippen LogP contribution is -2.49. The van der Waals surface area contributed by atoms with E-state index in [0.717, 1.165) is 38.7 Å². The van der Waals surface area contributed by atoms with Crippen LogP contribution in [-0.2, 0) is 9.53 Å². The summed E-state index contributed by atoms with van der Waals surface area (Å²) in [5.41, 5.74) is 5.50. The fourth-order valence-electron chi connectivity index (χ4n) is 2.82. The normalized spacial score (nSPS) is 30.9. The lowest BCUT2D eigenvalue weighted by atomic mass is 9.85. The molecule has 0 aromatic heterocycles. The average Bonchev–Trinajstić information content (AvgIpc) is 2.89. The number of nitrogens with two attached hydrogens (primary N) is 1. The number of carbonyl (C=O) groups is 1. The molecule has 0 aromatic rings. The highest BCUT2D eigenvalue weighted by Crippen LogP contribution is 2.37. The number of hydrogen-bond donors (Lipinski definition) is 2. The molecule has 1 aliphatic carbocycles. The van der Waals surface area contributed by atoms with Gasteiger partial charge in [-0.25, -0.2) is 0 Å². The predicted octanol–water partition coefficient (Wildman–Crippen LogP) is 1.22. The highest BCUT2D eigenvalue weighted by atomic mass is 35.5. The van der Waals surface area contributed by atoms with Crippen LogP contribution in [0.25, 0.3) is 0 Å². The first-order chi connectivity index (χ1) is 7.68. The third-order valence-electron chi connectivity index (χ3n) is 4.13. The Morgan fingerprint density at radius 1 is 1.47 bits per heavy atom. The maximum Gasteiger partial charge on any atom is 0.227 e. The fourth-order valence-corrected chi connectivity index (χ4v) is 2.82. The van der Waals surface area contributed by atoms with Gasteiger partial charge in [0, 0.05) is 13.2 Å². The first-order valence-electron chi connectivity index (χ1n) is 6.31. The van der Waals surface area contributed by atoms with Crippen molar-refractivity contribution in [2.24, 2.45) is 11.1 Å². The largest absolute Gasteiger partial charge is 0.376 e. The van der Waals surface area contributed by atoms with Crippen molar-refractivity contribution in [3.63, 3.8) is 0 Å². The number of ether oxygens (including phenoxy) is 1. The Bertz CT molecular complexity index is 267.